The number of allylic oxidation sites excluding steroid dienone is 1. The number of hydrogen-bond donors (Lipinski definition) is 3. The predicted octanol–water partition coefficient (Wildman–Crippen LogP) is 2.73. The summed E-state index contributed by atoms with van der Waals surface area (Å²) >= 11 is 0. The average Bonchev–Trinajstić information content (AvgIpc) is 2.48. The summed E-state index contributed by atoms with van der Waals surface area (Å²) in [5, 5.41) is 8.23. The summed E-state index contributed by atoms with van der Waals surface area (Å²) in [6.45, 7) is 6.55. The highest BCUT2D eigenvalue weighted by Gasteiger charge is 2.43. The lowest BCUT2D eigenvalue weighted by molar-refractivity contribution is -0.116. The number of carbonyl (C=O) groups excluding carboxylic acids is 1. The van der Waals surface area contributed by atoms with E-state index < -0.39 is 18.5 Å². The molecule has 0 bridgehead atoms. The first-order valence-electron chi connectivity index (χ1n) is 7.45. The van der Waals surface area contributed by atoms with Gasteiger partial charge in [-0.25, -0.2) is 0 Å². The van der Waals surface area contributed by atoms with Gasteiger partial charge in [-0.3, -0.25) is 9.36 Å². The maximum atomic E-state index is 12.1. The molecule has 0 unspecified atom stereocenters. The third-order valence-electron chi connectivity index (χ3n) is 3.42. The summed E-state index contributed by atoms with van der Waals surface area (Å²) in [6.07, 6.45) is 2.49. The minimum Gasteiger partial charge on any atom is -0.502 e. The van der Waals surface area contributed by atoms with Crippen molar-refractivity contribution in [1.82, 2.24) is 0 Å². The molecule has 0 saturated heterocycles. The average molecular weight is 358 g/mol. The molecule has 0 fully saturated rings. The van der Waals surface area contributed by atoms with Gasteiger partial charge in [-0.05, 0) is 51.5 Å². The van der Waals surface area contributed by atoms with Gasteiger partial charge in [0.1, 0.15) is 5.16 Å². The molecule has 0 saturated carbocycles. The molecule has 0 amide bonds. The summed E-state index contributed by atoms with van der Waals surface area (Å²) in [5.41, 5.74) is 0.495. The van der Waals surface area contributed by atoms with E-state index in [1.54, 1.807) is 13.8 Å². The first-order valence-corrected chi connectivity index (χ1v) is 9.06. The van der Waals surface area contributed by atoms with Crippen LogP contribution in [0.25, 0.3) is 6.08 Å². The van der Waals surface area contributed by atoms with Crippen molar-refractivity contribution in [2.45, 2.75) is 32.9 Å². The molecule has 0 radical (unpaired) electrons. The van der Waals surface area contributed by atoms with Gasteiger partial charge in [-0.15, -0.1) is 0 Å². The molecule has 0 aromatic heterocycles. The van der Waals surface area contributed by atoms with Crippen LogP contribution >= 0.6 is 7.60 Å². The topological polar surface area (TPSA) is 113 Å². The Morgan fingerprint density at radius 1 is 1.17 bits per heavy atom. The molecular weight excluding hydrogens is 335 g/mol. The zero-order valence-electron chi connectivity index (χ0n) is 14.1. The third-order valence-corrected chi connectivity index (χ3v) is 5.10. The van der Waals surface area contributed by atoms with Crippen molar-refractivity contribution < 1.29 is 33.7 Å². The standard InChI is InChI=1S/C16H23O7P/c1-5-22-12-9-11(10-13(15(12)18)23-6-2)7-8-14(17)16(3,4)24(19,20)21/h7-10,18H,5-6H2,1-4H3,(H2,19,20,21). The van der Waals surface area contributed by atoms with E-state index >= 15 is 0 Å². The Labute approximate surface area is 141 Å². The quantitative estimate of drug-likeness (QED) is 0.484. The predicted molar refractivity (Wildman–Crippen MR) is 90.6 cm³/mol. The summed E-state index contributed by atoms with van der Waals surface area (Å²) in [5.74, 6) is -0.452. The summed E-state index contributed by atoms with van der Waals surface area (Å²) in [6, 6.07) is 3.02. The Balaban J connectivity index is 3.18. The molecule has 134 valence electrons. The lowest BCUT2D eigenvalue weighted by Crippen LogP contribution is -2.29. The Hall–Kier alpha value is -1.82. The van der Waals surface area contributed by atoms with Gasteiger partial charge in [0.25, 0.3) is 0 Å². The van der Waals surface area contributed by atoms with Crippen molar-refractivity contribution in [3.63, 3.8) is 0 Å². The van der Waals surface area contributed by atoms with E-state index in [9.17, 15) is 24.3 Å². The van der Waals surface area contributed by atoms with E-state index in [0.29, 0.717) is 18.8 Å². The largest absolute Gasteiger partial charge is 0.502 e. The van der Waals surface area contributed by atoms with Crippen molar-refractivity contribution in [3.8, 4) is 17.2 Å². The number of hydrogen-bond acceptors (Lipinski definition) is 5. The number of ether oxygens (including phenoxy) is 2. The smallest absolute Gasteiger partial charge is 0.338 e. The number of phenols is 1. The molecule has 1 rings (SSSR count). The Kier molecular flexibility index (Phi) is 6.60. The van der Waals surface area contributed by atoms with Gasteiger partial charge in [0, 0.05) is 0 Å². The van der Waals surface area contributed by atoms with Gasteiger partial charge in [0.15, 0.2) is 17.3 Å². The third kappa shape index (κ3) is 4.60. The highest BCUT2D eigenvalue weighted by atomic mass is 31.2. The van der Waals surface area contributed by atoms with Crippen LogP contribution in [0.4, 0.5) is 0 Å². The van der Waals surface area contributed by atoms with Crippen LogP contribution in [0.2, 0.25) is 0 Å². The number of carbonyl (C=O) groups is 1. The molecule has 0 spiro atoms. The fraction of sp³-hybridized carbons (Fsp3) is 0.438. The summed E-state index contributed by atoms with van der Waals surface area (Å²) < 4.78 is 22.0. The van der Waals surface area contributed by atoms with Crippen LogP contribution in [0.3, 0.4) is 0 Å². The van der Waals surface area contributed by atoms with Crippen molar-refractivity contribution >= 4 is 19.5 Å². The molecular formula is C16H23O7P. The molecule has 1 aromatic carbocycles. The highest BCUT2D eigenvalue weighted by Crippen LogP contribution is 2.50. The lowest BCUT2D eigenvalue weighted by atomic mass is 10.1. The molecule has 3 N–H and O–H groups in total. The highest BCUT2D eigenvalue weighted by molar-refractivity contribution is 7.54. The van der Waals surface area contributed by atoms with E-state index in [4.69, 9.17) is 9.47 Å². The van der Waals surface area contributed by atoms with Gasteiger partial charge in [0.05, 0.1) is 13.2 Å². The second-order valence-electron chi connectivity index (χ2n) is 5.53. The van der Waals surface area contributed by atoms with Crippen LogP contribution < -0.4 is 9.47 Å². The van der Waals surface area contributed by atoms with Crippen LogP contribution in [0.1, 0.15) is 33.3 Å². The molecule has 8 heteroatoms. The second kappa shape index (κ2) is 7.83. The number of aromatic hydroxyl groups is 1. The Morgan fingerprint density at radius 3 is 2.00 bits per heavy atom. The Morgan fingerprint density at radius 2 is 1.62 bits per heavy atom. The maximum Gasteiger partial charge on any atom is 0.338 e. The van der Waals surface area contributed by atoms with E-state index in [2.05, 4.69) is 0 Å². The number of phenolic OH excluding ortho intramolecular Hbond substituents is 1. The zero-order valence-corrected chi connectivity index (χ0v) is 15.0. The van der Waals surface area contributed by atoms with Crippen LogP contribution in [0.15, 0.2) is 18.2 Å². The van der Waals surface area contributed by atoms with E-state index in [1.165, 1.54) is 32.1 Å². The minimum atomic E-state index is -4.58. The second-order valence-corrected chi connectivity index (χ2v) is 7.74. The van der Waals surface area contributed by atoms with Crippen molar-refractivity contribution in [3.05, 3.63) is 23.8 Å². The van der Waals surface area contributed by atoms with E-state index in [1.807, 2.05) is 0 Å². The Bertz CT molecular complexity index is 646. The van der Waals surface area contributed by atoms with Crippen LogP contribution in [-0.4, -0.2) is 39.0 Å². The minimum absolute atomic E-state index is 0.141. The monoisotopic (exact) mass is 358 g/mol. The normalized spacial score (nSPS) is 12.4. The lowest BCUT2D eigenvalue weighted by Gasteiger charge is -2.22. The molecule has 0 atom stereocenters. The molecule has 0 heterocycles. The molecule has 1 aromatic rings. The first kappa shape index (κ1) is 20.2. The molecule has 24 heavy (non-hydrogen) atoms. The molecule has 7 nitrogen and oxygen atoms in total. The van der Waals surface area contributed by atoms with Crippen LogP contribution in [0.5, 0.6) is 17.2 Å². The van der Waals surface area contributed by atoms with E-state index in [-0.39, 0.29) is 17.2 Å². The van der Waals surface area contributed by atoms with Gasteiger partial charge < -0.3 is 24.4 Å². The van der Waals surface area contributed by atoms with Crippen LogP contribution in [-0.2, 0) is 9.36 Å². The van der Waals surface area contributed by atoms with Crippen molar-refractivity contribution in [1.29, 1.82) is 0 Å². The first-order chi connectivity index (χ1) is 11.0. The number of benzene rings is 1. The molecule has 0 aliphatic heterocycles. The van der Waals surface area contributed by atoms with Crippen molar-refractivity contribution in [2.24, 2.45) is 0 Å². The van der Waals surface area contributed by atoms with Gasteiger partial charge in [-0.2, -0.15) is 0 Å². The zero-order chi connectivity index (χ0) is 18.5. The summed E-state index contributed by atoms with van der Waals surface area (Å²) in [7, 11) is -4.58. The van der Waals surface area contributed by atoms with E-state index in [0.717, 1.165) is 6.08 Å². The molecule has 0 aliphatic rings. The number of rotatable bonds is 8. The maximum absolute atomic E-state index is 12.1. The molecule has 0 aliphatic carbocycles. The fourth-order valence-electron chi connectivity index (χ4n) is 1.75. The van der Waals surface area contributed by atoms with Gasteiger partial charge in [-0.1, -0.05) is 6.08 Å². The van der Waals surface area contributed by atoms with Crippen LogP contribution in [0, 0.1) is 0 Å². The SMILES string of the molecule is CCOc1cc(C=CC(=O)C(C)(C)P(=O)(O)O)cc(OCC)c1O. The van der Waals surface area contributed by atoms with Gasteiger partial charge >= 0.3 is 7.60 Å². The van der Waals surface area contributed by atoms with Gasteiger partial charge in [0.2, 0.25) is 5.75 Å². The number of ketones is 1. The fourth-order valence-corrected chi connectivity index (χ4v) is 2.11. The summed E-state index contributed by atoms with van der Waals surface area (Å²) in [4.78, 5) is 30.6. The van der Waals surface area contributed by atoms with Crippen molar-refractivity contribution in [2.75, 3.05) is 13.2 Å².